The van der Waals surface area contributed by atoms with Crippen molar-refractivity contribution in [1.82, 2.24) is 0 Å². The van der Waals surface area contributed by atoms with E-state index in [2.05, 4.69) is 0 Å². The first-order valence-corrected chi connectivity index (χ1v) is 5.21. The molecular formula is C11H9F3O2S. The number of Topliss-reactive ketones (excluding diaryl/α,β-unsaturated/α-hetero) is 2. The van der Waals surface area contributed by atoms with Crippen LogP contribution in [-0.2, 0) is 9.59 Å². The molecule has 0 aromatic rings. The fraction of sp³-hybridized carbons (Fsp3) is 0.364. The molecule has 1 unspecified atom stereocenters. The third kappa shape index (κ3) is 3.09. The first-order chi connectivity index (χ1) is 7.75. The molecule has 0 heterocycles. The molecule has 1 aliphatic rings. The number of hydrogen-bond donors (Lipinski definition) is 0. The highest BCUT2D eigenvalue weighted by Gasteiger charge is 2.44. The molecule has 92 valence electrons. The second-order valence-electron chi connectivity index (χ2n) is 3.58. The van der Waals surface area contributed by atoms with E-state index in [9.17, 15) is 22.8 Å². The van der Waals surface area contributed by atoms with Gasteiger partial charge >= 0.3 is 6.18 Å². The molecule has 0 aliphatic heterocycles. The molecule has 0 aromatic carbocycles. The Bertz CT molecular complexity index is 432. The van der Waals surface area contributed by atoms with Crippen LogP contribution in [0.15, 0.2) is 23.8 Å². The van der Waals surface area contributed by atoms with E-state index >= 15 is 0 Å². The molecule has 0 N–H and O–H groups in total. The molecule has 17 heavy (non-hydrogen) atoms. The number of rotatable bonds is 3. The predicted octanol–water partition coefficient (Wildman–Crippen LogP) is 2.58. The van der Waals surface area contributed by atoms with E-state index in [-0.39, 0.29) is 10.4 Å². The Morgan fingerprint density at radius 1 is 1.41 bits per heavy atom. The summed E-state index contributed by atoms with van der Waals surface area (Å²) in [5, 5.41) is 0. The van der Waals surface area contributed by atoms with Crippen LogP contribution in [0.4, 0.5) is 13.2 Å². The third-order valence-electron chi connectivity index (χ3n) is 2.33. The summed E-state index contributed by atoms with van der Waals surface area (Å²) in [7, 11) is 0. The van der Waals surface area contributed by atoms with Crippen molar-refractivity contribution < 1.29 is 22.8 Å². The number of alkyl halides is 3. The largest absolute Gasteiger partial charge is 0.450 e. The van der Waals surface area contributed by atoms with Gasteiger partial charge in [-0.15, -0.1) is 0 Å². The van der Waals surface area contributed by atoms with Gasteiger partial charge in [0.25, 0.3) is 0 Å². The SMILES string of the molecule is CC(C(=O)C1=CC=CCC1=S)C(=O)C(F)(F)F. The standard InChI is InChI=1S/C11H9F3O2S/c1-6(10(16)11(12,13)14)9(15)7-4-2-3-5-8(7)17/h2-4,6H,5H2,1H3. The van der Waals surface area contributed by atoms with Crippen LogP contribution in [0, 0.1) is 5.92 Å². The summed E-state index contributed by atoms with van der Waals surface area (Å²) in [5.41, 5.74) is 0.0209. The van der Waals surface area contributed by atoms with E-state index in [4.69, 9.17) is 12.2 Å². The van der Waals surface area contributed by atoms with E-state index < -0.39 is 23.7 Å². The molecule has 0 amide bonds. The maximum Gasteiger partial charge on any atom is 0.450 e. The molecule has 0 fully saturated rings. The van der Waals surface area contributed by atoms with Crippen molar-refractivity contribution in [2.75, 3.05) is 0 Å². The zero-order valence-electron chi connectivity index (χ0n) is 8.88. The molecular weight excluding hydrogens is 253 g/mol. The van der Waals surface area contributed by atoms with Gasteiger partial charge in [0, 0.05) is 16.9 Å². The first kappa shape index (κ1) is 13.8. The van der Waals surface area contributed by atoms with Crippen molar-refractivity contribution >= 4 is 28.6 Å². The van der Waals surface area contributed by atoms with Crippen LogP contribution in [0.3, 0.4) is 0 Å². The minimum absolute atomic E-state index is 0.0209. The second kappa shape index (κ2) is 4.91. The smallest absolute Gasteiger partial charge is 0.293 e. The summed E-state index contributed by atoms with van der Waals surface area (Å²) in [6.07, 6.45) is -0.0981. The average molecular weight is 262 g/mol. The zero-order valence-corrected chi connectivity index (χ0v) is 9.69. The Labute approximate surface area is 101 Å². The number of carbonyl (C=O) groups excluding carboxylic acids is 2. The lowest BCUT2D eigenvalue weighted by atomic mass is 9.90. The monoisotopic (exact) mass is 262 g/mol. The fourth-order valence-electron chi connectivity index (χ4n) is 1.36. The highest BCUT2D eigenvalue weighted by Crippen LogP contribution is 2.24. The third-order valence-corrected chi connectivity index (χ3v) is 2.72. The van der Waals surface area contributed by atoms with Crippen LogP contribution in [-0.4, -0.2) is 22.6 Å². The van der Waals surface area contributed by atoms with Gasteiger partial charge in [-0.05, 0) is 6.92 Å². The molecule has 1 aliphatic carbocycles. The summed E-state index contributed by atoms with van der Waals surface area (Å²) in [6, 6.07) is 0. The van der Waals surface area contributed by atoms with Crippen LogP contribution in [0.25, 0.3) is 0 Å². The second-order valence-corrected chi connectivity index (χ2v) is 4.08. The quantitative estimate of drug-likeness (QED) is 0.579. The summed E-state index contributed by atoms with van der Waals surface area (Å²) >= 11 is 4.87. The van der Waals surface area contributed by atoms with Crippen LogP contribution in [0.5, 0.6) is 0 Å². The molecule has 0 bridgehead atoms. The number of halogens is 3. The van der Waals surface area contributed by atoms with Crippen molar-refractivity contribution in [2.45, 2.75) is 19.5 Å². The van der Waals surface area contributed by atoms with Crippen molar-refractivity contribution in [3.63, 3.8) is 0 Å². The minimum Gasteiger partial charge on any atom is -0.293 e. The van der Waals surface area contributed by atoms with Gasteiger partial charge in [-0.3, -0.25) is 9.59 Å². The lowest BCUT2D eigenvalue weighted by molar-refractivity contribution is -0.175. The maximum atomic E-state index is 12.2. The van der Waals surface area contributed by atoms with E-state index in [0.717, 1.165) is 6.92 Å². The van der Waals surface area contributed by atoms with Gasteiger partial charge in [0.15, 0.2) is 5.78 Å². The summed E-state index contributed by atoms with van der Waals surface area (Å²) < 4.78 is 36.5. The molecule has 6 heteroatoms. The average Bonchev–Trinajstić information content (AvgIpc) is 2.25. The number of allylic oxidation sites excluding steroid dienone is 4. The van der Waals surface area contributed by atoms with Crippen LogP contribution in [0.1, 0.15) is 13.3 Å². The Hall–Kier alpha value is -1.30. The highest BCUT2D eigenvalue weighted by atomic mass is 32.1. The van der Waals surface area contributed by atoms with Gasteiger partial charge < -0.3 is 0 Å². The van der Waals surface area contributed by atoms with Crippen LogP contribution in [0.2, 0.25) is 0 Å². The molecule has 0 aromatic heterocycles. The molecule has 0 radical (unpaired) electrons. The van der Waals surface area contributed by atoms with E-state index in [1.54, 1.807) is 6.08 Å². The van der Waals surface area contributed by atoms with E-state index in [0.29, 0.717) is 6.42 Å². The zero-order chi connectivity index (χ0) is 13.2. The Morgan fingerprint density at radius 2 is 2.00 bits per heavy atom. The molecule has 1 atom stereocenters. The van der Waals surface area contributed by atoms with Crippen LogP contribution >= 0.6 is 12.2 Å². The van der Waals surface area contributed by atoms with Gasteiger partial charge in [-0.1, -0.05) is 30.4 Å². The van der Waals surface area contributed by atoms with Gasteiger partial charge in [-0.2, -0.15) is 13.2 Å². The number of thiocarbonyl (C=S) groups is 1. The number of carbonyl (C=O) groups is 2. The summed E-state index contributed by atoms with van der Waals surface area (Å²) in [6.45, 7) is 0.944. The summed E-state index contributed by atoms with van der Waals surface area (Å²) in [5.74, 6) is -4.66. The van der Waals surface area contributed by atoms with E-state index in [1.807, 2.05) is 0 Å². The fourth-order valence-corrected chi connectivity index (χ4v) is 1.62. The van der Waals surface area contributed by atoms with Crippen molar-refractivity contribution in [3.05, 3.63) is 23.8 Å². The molecule has 1 rings (SSSR count). The van der Waals surface area contributed by atoms with Crippen molar-refractivity contribution in [1.29, 1.82) is 0 Å². The topological polar surface area (TPSA) is 34.1 Å². The molecule has 0 saturated carbocycles. The Kier molecular flexibility index (Phi) is 3.98. The van der Waals surface area contributed by atoms with E-state index in [1.165, 1.54) is 12.2 Å². The van der Waals surface area contributed by atoms with Crippen molar-refractivity contribution in [3.8, 4) is 0 Å². The van der Waals surface area contributed by atoms with Crippen molar-refractivity contribution in [2.24, 2.45) is 5.92 Å². The van der Waals surface area contributed by atoms with Gasteiger partial charge in [0.05, 0.1) is 5.92 Å². The molecule has 0 saturated heterocycles. The summed E-state index contributed by atoms with van der Waals surface area (Å²) in [4.78, 5) is 22.9. The molecule has 2 nitrogen and oxygen atoms in total. The first-order valence-electron chi connectivity index (χ1n) is 4.80. The maximum absolute atomic E-state index is 12.2. The van der Waals surface area contributed by atoms with Crippen LogP contribution < -0.4 is 0 Å². The molecule has 0 spiro atoms. The minimum atomic E-state index is -5.00. The lowest BCUT2D eigenvalue weighted by Crippen LogP contribution is -2.35. The highest BCUT2D eigenvalue weighted by molar-refractivity contribution is 7.81. The Balaban J connectivity index is 2.91. The number of hydrogen-bond acceptors (Lipinski definition) is 3. The normalized spacial score (nSPS) is 17.6. The number of ketones is 2. The van der Waals surface area contributed by atoms with Gasteiger partial charge in [0.1, 0.15) is 0 Å². The van der Waals surface area contributed by atoms with Gasteiger partial charge in [0.2, 0.25) is 5.78 Å². The lowest BCUT2D eigenvalue weighted by Gasteiger charge is -2.15. The predicted molar refractivity (Wildman–Crippen MR) is 59.7 cm³/mol. The Morgan fingerprint density at radius 3 is 2.47 bits per heavy atom. The van der Waals surface area contributed by atoms with Gasteiger partial charge in [-0.25, -0.2) is 0 Å².